The highest BCUT2D eigenvalue weighted by Gasteiger charge is 2.15. The number of hydrogen-bond acceptors (Lipinski definition) is 2. The van der Waals surface area contributed by atoms with Gasteiger partial charge in [0.15, 0.2) is 0 Å². The molecule has 0 aliphatic heterocycles. The van der Waals surface area contributed by atoms with E-state index in [0.717, 1.165) is 6.26 Å². The zero-order chi connectivity index (χ0) is 8.20. The Bertz CT molecular complexity index is 144. The van der Waals surface area contributed by atoms with Crippen LogP contribution in [0.15, 0.2) is 24.7 Å². The molecule has 0 spiro atoms. The molecule has 0 radical (unpaired) electrons. The van der Waals surface area contributed by atoms with Gasteiger partial charge in [-0.3, -0.25) is 0 Å². The molecule has 0 amide bonds. The monoisotopic (exact) mass is 158 g/mol. The van der Waals surface area contributed by atoms with Gasteiger partial charge in [0.2, 0.25) is 8.32 Å². The molecule has 0 fully saturated rings. The molecule has 0 heterocycles. The van der Waals surface area contributed by atoms with Crippen LogP contribution >= 0.6 is 0 Å². The Labute approximate surface area is 63.0 Å². The van der Waals surface area contributed by atoms with E-state index in [1.54, 1.807) is 0 Å². The van der Waals surface area contributed by atoms with E-state index in [9.17, 15) is 0 Å². The average molecular weight is 158 g/mol. The summed E-state index contributed by atoms with van der Waals surface area (Å²) in [6, 6.07) is 0. The Morgan fingerprint density at radius 3 is 2.30 bits per heavy atom. The minimum absolute atomic E-state index is 0.529. The zero-order valence-corrected chi connectivity index (χ0v) is 7.72. The molecule has 0 aliphatic rings. The van der Waals surface area contributed by atoms with E-state index in [4.69, 9.17) is 9.53 Å². The molecule has 10 heavy (non-hydrogen) atoms. The fraction of sp³-hybridized carbons (Fsp3) is 0.429. The van der Waals surface area contributed by atoms with Crippen LogP contribution in [0.4, 0.5) is 0 Å². The second-order valence-electron chi connectivity index (χ2n) is 3.00. The van der Waals surface area contributed by atoms with Crippen LogP contribution in [0.1, 0.15) is 0 Å². The molecule has 3 heteroatoms. The van der Waals surface area contributed by atoms with Crippen molar-refractivity contribution in [3.8, 4) is 0 Å². The molecular formula is C7H14O2Si. The van der Waals surface area contributed by atoms with E-state index in [2.05, 4.69) is 26.2 Å². The Morgan fingerprint density at radius 1 is 1.50 bits per heavy atom. The molecule has 0 saturated heterocycles. The molecular weight excluding hydrogens is 144 g/mol. The number of allylic oxidation sites excluding steroid dienone is 1. The standard InChI is InChI=1S/C7H14O2Si/c1-7(5-6-8)9-10(2,3)4/h5-6,8H,1H2,2-4H3. The van der Waals surface area contributed by atoms with Crippen LogP contribution in [0.25, 0.3) is 0 Å². The Balaban J connectivity index is 3.81. The smallest absolute Gasteiger partial charge is 0.242 e. The summed E-state index contributed by atoms with van der Waals surface area (Å²) in [5, 5.41) is 8.33. The molecule has 2 nitrogen and oxygen atoms in total. The molecule has 0 aliphatic carbocycles. The number of aliphatic hydroxyl groups excluding tert-OH is 1. The van der Waals surface area contributed by atoms with Crippen LogP contribution in [-0.4, -0.2) is 13.4 Å². The molecule has 0 bridgehead atoms. The lowest BCUT2D eigenvalue weighted by Crippen LogP contribution is -2.23. The first-order chi connectivity index (χ1) is 4.45. The van der Waals surface area contributed by atoms with Crippen LogP contribution in [0.2, 0.25) is 19.6 Å². The minimum Gasteiger partial charge on any atom is -0.545 e. The predicted molar refractivity (Wildman–Crippen MR) is 45.3 cm³/mol. The summed E-state index contributed by atoms with van der Waals surface area (Å²) in [6.45, 7) is 9.77. The van der Waals surface area contributed by atoms with Crippen molar-refractivity contribution >= 4 is 8.32 Å². The maximum atomic E-state index is 8.33. The first-order valence-corrected chi connectivity index (χ1v) is 6.55. The molecule has 58 valence electrons. The van der Waals surface area contributed by atoms with Gasteiger partial charge in [0.05, 0.1) is 12.0 Å². The van der Waals surface area contributed by atoms with Crippen LogP contribution in [-0.2, 0) is 4.43 Å². The third kappa shape index (κ3) is 5.43. The van der Waals surface area contributed by atoms with Gasteiger partial charge in [0.25, 0.3) is 0 Å². The van der Waals surface area contributed by atoms with Gasteiger partial charge in [-0.15, -0.1) is 0 Å². The highest BCUT2D eigenvalue weighted by Crippen LogP contribution is 2.08. The van der Waals surface area contributed by atoms with Crippen molar-refractivity contribution < 1.29 is 9.53 Å². The Morgan fingerprint density at radius 2 is 2.00 bits per heavy atom. The summed E-state index contributed by atoms with van der Waals surface area (Å²) in [5.74, 6) is 0.529. The van der Waals surface area contributed by atoms with Gasteiger partial charge in [-0.2, -0.15) is 0 Å². The number of hydrogen-bond donors (Lipinski definition) is 1. The maximum Gasteiger partial charge on any atom is 0.242 e. The van der Waals surface area contributed by atoms with Crippen molar-refractivity contribution in [3.63, 3.8) is 0 Å². The van der Waals surface area contributed by atoms with Crippen LogP contribution in [0.3, 0.4) is 0 Å². The molecule has 0 aromatic rings. The van der Waals surface area contributed by atoms with Crippen LogP contribution < -0.4 is 0 Å². The largest absolute Gasteiger partial charge is 0.545 e. The summed E-state index contributed by atoms with van der Waals surface area (Å²) in [6.07, 6.45) is 2.38. The van der Waals surface area contributed by atoms with Gasteiger partial charge in [-0.25, -0.2) is 0 Å². The lowest BCUT2D eigenvalue weighted by atomic mass is 10.6. The van der Waals surface area contributed by atoms with Gasteiger partial charge in [-0.05, 0) is 19.6 Å². The Hall–Kier alpha value is -0.703. The molecule has 0 aromatic heterocycles. The van der Waals surface area contributed by atoms with Crippen molar-refractivity contribution in [2.24, 2.45) is 0 Å². The van der Waals surface area contributed by atoms with Gasteiger partial charge >= 0.3 is 0 Å². The predicted octanol–water partition coefficient (Wildman–Crippen LogP) is 2.42. The zero-order valence-electron chi connectivity index (χ0n) is 6.72. The normalized spacial score (nSPS) is 11.9. The van der Waals surface area contributed by atoms with Gasteiger partial charge in [0, 0.05) is 6.08 Å². The van der Waals surface area contributed by atoms with E-state index in [1.807, 2.05) is 0 Å². The number of aliphatic hydroxyl groups is 1. The van der Waals surface area contributed by atoms with Crippen molar-refractivity contribution in [1.82, 2.24) is 0 Å². The first-order valence-electron chi connectivity index (χ1n) is 3.14. The highest BCUT2D eigenvalue weighted by molar-refractivity contribution is 6.70. The SMILES string of the molecule is C=C(C=CO)O[Si](C)(C)C. The minimum atomic E-state index is -1.52. The van der Waals surface area contributed by atoms with Gasteiger partial charge in [-0.1, -0.05) is 6.58 Å². The molecule has 1 N–H and O–H groups in total. The number of rotatable bonds is 3. The Kier molecular flexibility index (Phi) is 3.22. The summed E-state index contributed by atoms with van der Waals surface area (Å²) in [4.78, 5) is 0. The third-order valence-electron chi connectivity index (χ3n) is 0.698. The van der Waals surface area contributed by atoms with Crippen LogP contribution in [0.5, 0.6) is 0 Å². The summed E-state index contributed by atoms with van der Waals surface area (Å²) >= 11 is 0. The van der Waals surface area contributed by atoms with E-state index < -0.39 is 8.32 Å². The fourth-order valence-electron chi connectivity index (χ4n) is 0.510. The van der Waals surface area contributed by atoms with Crippen molar-refractivity contribution in [3.05, 3.63) is 24.7 Å². The van der Waals surface area contributed by atoms with Crippen molar-refractivity contribution in [1.29, 1.82) is 0 Å². The maximum absolute atomic E-state index is 8.33. The second-order valence-corrected chi connectivity index (χ2v) is 7.43. The molecule has 0 rings (SSSR count). The summed E-state index contributed by atoms with van der Waals surface area (Å²) in [7, 11) is -1.52. The topological polar surface area (TPSA) is 29.5 Å². The van der Waals surface area contributed by atoms with Gasteiger partial charge in [0.1, 0.15) is 0 Å². The molecule has 0 atom stereocenters. The highest BCUT2D eigenvalue weighted by atomic mass is 28.4. The molecule has 0 aromatic carbocycles. The average Bonchev–Trinajstić information content (AvgIpc) is 1.59. The van der Waals surface area contributed by atoms with Crippen LogP contribution in [0, 0.1) is 0 Å². The molecule has 0 unspecified atom stereocenters. The lowest BCUT2D eigenvalue weighted by Gasteiger charge is -2.18. The lowest BCUT2D eigenvalue weighted by molar-refractivity contribution is 0.430. The quantitative estimate of drug-likeness (QED) is 0.388. The molecule has 0 saturated carbocycles. The third-order valence-corrected chi connectivity index (χ3v) is 1.57. The van der Waals surface area contributed by atoms with E-state index in [1.165, 1.54) is 6.08 Å². The van der Waals surface area contributed by atoms with Crippen molar-refractivity contribution in [2.45, 2.75) is 19.6 Å². The summed E-state index contributed by atoms with van der Waals surface area (Å²) in [5.41, 5.74) is 0. The summed E-state index contributed by atoms with van der Waals surface area (Å²) < 4.78 is 5.38. The van der Waals surface area contributed by atoms with E-state index >= 15 is 0 Å². The van der Waals surface area contributed by atoms with Crippen molar-refractivity contribution in [2.75, 3.05) is 0 Å². The second kappa shape index (κ2) is 3.46. The van der Waals surface area contributed by atoms with E-state index in [0.29, 0.717) is 5.76 Å². The van der Waals surface area contributed by atoms with E-state index in [-0.39, 0.29) is 0 Å². The fourth-order valence-corrected chi connectivity index (χ4v) is 1.37. The van der Waals surface area contributed by atoms with Gasteiger partial charge < -0.3 is 9.53 Å². The first kappa shape index (κ1) is 9.30.